The van der Waals surface area contributed by atoms with Crippen molar-refractivity contribution in [2.24, 2.45) is 0 Å². The molecule has 1 fully saturated rings. The Morgan fingerprint density at radius 2 is 2.27 bits per heavy atom. The number of amides is 1. The maximum absolute atomic E-state index is 11.9. The van der Waals surface area contributed by atoms with Crippen molar-refractivity contribution < 1.29 is 14.7 Å². The molecule has 80 valence electrons. The highest BCUT2D eigenvalue weighted by atomic mass is 16.4. The van der Waals surface area contributed by atoms with E-state index < -0.39 is 5.97 Å². The number of rotatable bonds is 4. The summed E-state index contributed by atoms with van der Waals surface area (Å²) in [5.74, 6) is -1.20. The molecule has 1 aromatic heterocycles. The number of aromatic amines is 1. The highest BCUT2D eigenvalue weighted by Gasteiger charge is 2.34. The summed E-state index contributed by atoms with van der Waals surface area (Å²) in [6, 6.07) is 3.48. The second-order valence-corrected chi connectivity index (χ2v) is 3.64. The summed E-state index contributed by atoms with van der Waals surface area (Å²) in [6.45, 7) is -0.220. The van der Waals surface area contributed by atoms with Crippen molar-refractivity contribution in [2.45, 2.75) is 18.9 Å². The second-order valence-electron chi connectivity index (χ2n) is 3.64. The molecule has 1 aliphatic carbocycles. The van der Waals surface area contributed by atoms with Crippen molar-refractivity contribution >= 4 is 11.9 Å². The van der Waals surface area contributed by atoms with Crippen LogP contribution in [0.3, 0.4) is 0 Å². The molecule has 0 bridgehead atoms. The lowest BCUT2D eigenvalue weighted by Gasteiger charge is -2.19. The number of hydrogen-bond donors (Lipinski definition) is 2. The number of carboxylic acid groups (broad SMARTS) is 1. The summed E-state index contributed by atoms with van der Waals surface area (Å²) in [5.41, 5.74) is 0.447. The fourth-order valence-electron chi connectivity index (χ4n) is 1.52. The summed E-state index contributed by atoms with van der Waals surface area (Å²) in [6.07, 6.45) is 3.46. The number of hydrogen-bond acceptors (Lipinski definition) is 2. The fourth-order valence-corrected chi connectivity index (χ4v) is 1.52. The van der Waals surface area contributed by atoms with E-state index in [-0.39, 0.29) is 18.5 Å². The van der Waals surface area contributed by atoms with Crippen molar-refractivity contribution in [1.29, 1.82) is 0 Å². The normalized spacial score (nSPS) is 14.9. The van der Waals surface area contributed by atoms with Gasteiger partial charge in [-0.3, -0.25) is 9.59 Å². The summed E-state index contributed by atoms with van der Waals surface area (Å²) < 4.78 is 0. The lowest BCUT2D eigenvalue weighted by molar-refractivity contribution is -0.137. The molecular weight excluding hydrogens is 196 g/mol. The standard InChI is InChI=1S/C10H12N2O3/c13-9(14)6-12(7-3-4-7)10(15)8-2-1-5-11-8/h1-2,5,7,11H,3-4,6H2,(H,13,14). The third-order valence-electron chi connectivity index (χ3n) is 2.38. The largest absolute Gasteiger partial charge is 0.480 e. The quantitative estimate of drug-likeness (QED) is 0.765. The Hall–Kier alpha value is -1.78. The molecule has 1 aliphatic rings. The summed E-state index contributed by atoms with van der Waals surface area (Å²) in [4.78, 5) is 26.7. The first kappa shape index (κ1) is 9.76. The molecule has 1 heterocycles. The van der Waals surface area contributed by atoms with Gasteiger partial charge in [-0.25, -0.2) is 0 Å². The first-order valence-corrected chi connectivity index (χ1v) is 4.84. The number of nitrogens with one attached hydrogen (secondary N) is 1. The molecule has 0 spiro atoms. The van der Waals surface area contributed by atoms with E-state index in [0.29, 0.717) is 5.69 Å². The van der Waals surface area contributed by atoms with E-state index in [1.54, 1.807) is 18.3 Å². The maximum atomic E-state index is 11.9. The predicted octanol–water partition coefficient (Wildman–Crippen LogP) is 0.704. The molecule has 0 aromatic carbocycles. The monoisotopic (exact) mass is 208 g/mol. The lowest BCUT2D eigenvalue weighted by Crippen LogP contribution is -2.37. The van der Waals surface area contributed by atoms with E-state index in [0.717, 1.165) is 12.8 Å². The zero-order chi connectivity index (χ0) is 10.8. The van der Waals surface area contributed by atoms with Crippen molar-refractivity contribution in [3.05, 3.63) is 24.0 Å². The highest BCUT2D eigenvalue weighted by molar-refractivity contribution is 5.94. The van der Waals surface area contributed by atoms with Crippen LogP contribution in [0.1, 0.15) is 23.3 Å². The number of nitrogens with zero attached hydrogens (tertiary/aromatic N) is 1. The number of carboxylic acids is 1. The molecule has 1 amide bonds. The van der Waals surface area contributed by atoms with Gasteiger partial charge in [0.05, 0.1) is 0 Å². The van der Waals surface area contributed by atoms with Gasteiger partial charge in [0.25, 0.3) is 5.91 Å². The van der Waals surface area contributed by atoms with E-state index in [4.69, 9.17) is 5.11 Å². The third kappa shape index (κ3) is 2.18. The van der Waals surface area contributed by atoms with Gasteiger partial charge in [-0.2, -0.15) is 0 Å². The highest BCUT2D eigenvalue weighted by Crippen LogP contribution is 2.27. The molecule has 2 N–H and O–H groups in total. The molecule has 2 rings (SSSR count). The van der Waals surface area contributed by atoms with Crippen LogP contribution >= 0.6 is 0 Å². The molecule has 1 aromatic rings. The van der Waals surface area contributed by atoms with Gasteiger partial charge in [0, 0.05) is 12.2 Å². The van der Waals surface area contributed by atoms with Gasteiger partial charge >= 0.3 is 5.97 Å². The SMILES string of the molecule is O=C(O)CN(C(=O)c1ccc[nH]1)C1CC1. The Kier molecular flexibility index (Phi) is 2.45. The Morgan fingerprint density at radius 3 is 2.73 bits per heavy atom. The predicted molar refractivity (Wildman–Crippen MR) is 52.5 cm³/mol. The Labute approximate surface area is 86.7 Å². The number of aliphatic carboxylic acids is 1. The summed E-state index contributed by atoms with van der Waals surface area (Å²) >= 11 is 0. The average molecular weight is 208 g/mol. The van der Waals surface area contributed by atoms with Crippen LogP contribution in [0.25, 0.3) is 0 Å². The Morgan fingerprint density at radius 1 is 1.53 bits per heavy atom. The summed E-state index contributed by atoms with van der Waals surface area (Å²) in [7, 11) is 0. The smallest absolute Gasteiger partial charge is 0.323 e. The molecular formula is C10H12N2O3. The zero-order valence-corrected chi connectivity index (χ0v) is 8.14. The fraction of sp³-hybridized carbons (Fsp3) is 0.400. The minimum absolute atomic E-state index is 0.108. The minimum atomic E-state index is -0.971. The molecule has 0 radical (unpaired) electrons. The van der Waals surface area contributed by atoms with Crippen LogP contribution in [0.15, 0.2) is 18.3 Å². The molecule has 5 nitrogen and oxygen atoms in total. The van der Waals surface area contributed by atoms with Gasteiger partial charge in [0.1, 0.15) is 12.2 Å². The molecule has 15 heavy (non-hydrogen) atoms. The molecule has 0 saturated heterocycles. The van der Waals surface area contributed by atoms with E-state index in [9.17, 15) is 9.59 Å². The van der Waals surface area contributed by atoms with Crippen LogP contribution in [-0.2, 0) is 4.79 Å². The van der Waals surface area contributed by atoms with Gasteiger partial charge in [-0.1, -0.05) is 0 Å². The van der Waals surface area contributed by atoms with Crippen LogP contribution in [0.2, 0.25) is 0 Å². The minimum Gasteiger partial charge on any atom is -0.480 e. The van der Waals surface area contributed by atoms with E-state index in [1.807, 2.05) is 0 Å². The van der Waals surface area contributed by atoms with Crippen molar-refractivity contribution in [3.8, 4) is 0 Å². The number of carbonyl (C=O) groups excluding carboxylic acids is 1. The number of aromatic nitrogens is 1. The van der Waals surface area contributed by atoms with Gasteiger partial charge in [0.2, 0.25) is 0 Å². The third-order valence-corrected chi connectivity index (χ3v) is 2.38. The van der Waals surface area contributed by atoms with E-state index >= 15 is 0 Å². The molecule has 1 saturated carbocycles. The second kappa shape index (κ2) is 3.76. The molecule has 5 heteroatoms. The van der Waals surface area contributed by atoms with Gasteiger partial charge in [-0.05, 0) is 25.0 Å². The number of H-pyrrole nitrogens is 1. The van der Waals surface area contributed by atoms with Crippen LogP contribution in [0, 0.1) is 0 Å². The number of carbonyl (C=O) groups is 2. The van der Waals surface area contributed by atoms with Crippen LogP contribution in [-0.4, -0.2) is 39.5 Å². The van der Waals surface area contributed by atoms with Gasteiger partial charge in [0.15, 0.2) is 0 Å². The van der Waals surface area contributed by atoms with E-state index in [2.05, 4.69) is 4.98 Å². The topological polar surface area (TPSA) is 73.4 Å². The van der Waals surface area contributed by atoms with Crippen molar-refractivity contribution in [3.63, 3.8) is 0 Å². The van der Waals surface area contributed by atoms with Crippen molar-refractivity contribution in [1.82, 2.24) is 9.88 Å². The Balaban J connectivity index is 2.10. The van der Waals surface area contributed by atoms with Crippen LogP contribution < -0.4 is 0 Å². The lowest BCUT2D eigenvalue weighted by atomic mass is 10.3. The average Bonchev–Trinajstić information content (AvgIpc) is 2.88. The zero-order valence-electron chi connectivity index (χ0n) is 8.14. The molecule has 0 unspecified atom stereocenters. The van der Waals surface area contributed by atoms with Crippen molar-refractivity contribution in [2.75, 3.05) is 6.54 Å². The van der Waals surface area contributed by atoms with Crippen LogP contribution in [0.4, 0.5) is 0 Å². The molecule has 0 aliphatic heterocycles. The maximum Gasteiger partial charge on any atom is 0.323 e. The molecule has 0 atom stereocenters. The first-order valence-electron chi connectivity index (χ1n) is 4.84. The van der Waals surface area contributed by atoms with Gasteiger partial charge in [-0.15, -0.1) is 0 Å². The van der Waals surface area contributed by atoms with Crippen LogP contribution in [0.5, 0.6) is 0 Å². The van der Waals surface area contributed by atoms with Gasteiger partial charge < -0.3 is 15.0 Å². The first-order chi connectivity index (χ1) is 7.18. The van der Waals surface area contributed by atoms with E-state index in [1.165, 1.54) is 4.90 Å². The summed E-state index contributed by atoms with van der Waals surface area (Å²) in [5, 5.41) is 8.70. The Bertz CT molecular complexity index is 368.